The molecule has 12 nitrogen and oxygen atoms in total. The van der Waals surface area contributed by atoms with Crippen LogP contribution in [0.5, 0.6) is 11.5 Å². The van der Waals surface area contributed by atoms with Gasteiger partial charge in [0.15, 0.2) is 0 Å². The van der Waals surface area contributed by atoms with Crippen LogP contribution in [0, 0.1) is 6.92 Å². The minimum absolute atomic E-state index is 0.0156. The molecule has 5 aromatic rings. The van der Waals surface area contributed by atoms with Gasteiger partial charge in [-0.1, -0.05) is 156 Å². The van der Waals surface area contributed by atoms with Gasteiger partial charge in [-0.15, -0.1) is 0 Å². The summed E-state index contributed by atoms with van der Waals surface area (Å²) in [5.74, 6) is 2.09. The topological polar surface area (TPSA) is 131 Å². The average molecular weight is 1020 g/mol. The molecule has 0 amide bonds. The third-order valence-corrected chi connectivity index (χ3v) is 22.8. The van der Waals surface area contributed by atoms with Crippen molar-refractivity contribution < 1.29 is 28.4 Å². The molecule has 4 saturated carbocycles. The summed E-state index contributed by atoms with van der Waals surface area (Å²) in [5.41, 5.74) is 0.667. The standard InChI is InChI=1S/C59H68N6O6P2/c1-41-38-39-46(64-56(60-42-22-6-2-7-23-42)62(44-26-10-4-11-27-44)58(64,66)72(68)54-36-20-16-32-49(54)47-30-14-18-34-52(47)70-72)40-51(41)65-57(61-43-24-8-3-9-25-43)63(45-28-12-5-13-29-45)59(65,67)73(69)55-37-21-17-33-50(55)48-31-15-19-35-53(48)71-73/h14-21,30-40,42-45,66-67H,2-13,22-29H2,1H3. The van der Waals surface area contributed by atoms with Gasteiger partial charge in [-0.3, -0.25) is 28.7 Å². The van der Waals surface area contributed by atoms with Crippen molar-refractivity contribution in [3.8, 4) is 33.8 Å². The molecule has 14 heteroatoms. The molecule has 6 fully saturated rings. The maximum atomic E-state index is 16.9. The third-order valence-electron chi connectivity index (χ3n) is 17.4. The zero-order valence-electron chi connectivity index (χ0n) is 42.0. The van der Waals surface area contributed by atoms with Crippen molar-refractivity contribution in [1.29, 1.82) is 0 Å². The van der Waals surface area contributed by atoms with Gasteiger partial charge in [0.05, 0.1) is 34.1 Å². The molecule has 380 valence electrons. The molecule has 73 heavy (non-hydrogen) atoms. The Hall–Kier alpha value is -5.38. The van der Waals surface area contributed by atoms with E-state index in [1.165, 1.54) is 0 Å². The van der Waals surface area contributed by atoms with Gasteiger partial charge in [0.2, 0.25) is 11.9 Å². The van der Waals surface area contributed by atoms with Crippen LogP contribution < -0.4 is 29.5 Å². The first-order valence-corrected chi connectivity index (χ1v) is 30.8. The van der Waals surface area contributed by atoms with Gasteiger partial charge in [-0.05, 0) is 111 Å². The van der Waals surface area contributed by atoms with Gasteiger partial charge in [0.25, 0.3) is 0 Å². The number of rotatable bonds is 8. The molecule has 4 heterocycles. The largest absolute Gasteiger partial charge is 0.435 e. The second-order valence-electron chi connectivity index (χ2n) is 21.9. The van der Waals surface area contributed by atoms with Gasteiger partial charge < -0.3 is 19.3 Å². The van der Waals surface area contributed by atoms with E-state index in [2.05, 4.69) is 0 Å². The van der Waals surface area contributed by atoms with Gasteiger partial charge in [-0.25, -0.2) is 9.98 Å². The number of aliphatic hydroxyl groups is 2. The first-order valence-electron chi connectivity index (χ1n) is 27.5. The lowest BCUT2D eigenvalue weighted by Gasteiger charge is -2.64. The molecule has 4 aliphatic heterocycles. The molecule has 2 N–H and O–H groups in total. The number of anilines is 2. The Morgan fingerprint density at radius 2 is 0.863 bits per heavy atom. The van der Waals surface area contributed by atoms with Gasteiger partial charge in [-0.2, -0.15) is 0 Å². The highest BCUT2D eigenvalue weighted by Gasteiger charge is 2.74. The van der Waals surface area contributed by atoms with Crippen molar-refractivity contribution in [2.75, 3.05) is 9.80 Å². The van der Waals surface area contributed by atoms with Crippen LogP contribution in [0.2, 0.25) is 0 Å². The molecule has 2 saturated heterocycles. The van der Waals surface area contributed by atoms with E-state index in [1.54, 1.807) is 4.90 Å². The quantitative estimate of drug-likeness (QED) is 0.145. The molecule has 13 rings (SSSR count). The highest BCUT2D eigenvalue weighted by Crippen LogP contribution is 2.71. The summed E-state index contributed by atoms with van der Waals surface area (Å²) in [6.45, 7) is 2.01. The number of fused-ring (bicyclic) bond motifs is 6. The van der Waals surface area contributed by atoms with E-state index in [4.69, 9.17) is 19.0 Å². The Labute approximate surface area is 430 Å². The van der Waals surface area contributed by atoms with E-state index in [0.717, 1.165) is 156 Å². The van der Waals surface area contributed by atoms with E-state index in [0.29, 0.717) is 45.4 Å². The van der Waals surface area contributed by atoms with Crippen LogP contribution in [0.3, 0.4) is 0 Å². The van der Waals surface area contributed by atoms with Crippen molar-refractivity contribution >= 4 is 48.6 Å². The summed E-state index contributed by atoms with van der Waals surface area (Å²) in [6.07, 6.45) is 19.7. The first kappa shape index (κ1) is 47.3. The number of guanidine groups is 2. The molecular weight excluding hydrogens is 951 g/mol. The maximum absolute atomic E-state index is 16.9. The van der Waals surface area contributed by atoms with Crippen LogP contribution in [0.4, 0.5) is 11.4 Å². The molecular formula is C59H68N6O6P2. The fraction of sp³-hybridized carbons (Fsp3) is 0.458. The van der Waals surface area contributed by atoms with Crippen molar-refractivity contribution in [3.05, 3.63) is 121 Å². The zero-order valence-corrected chi connectivity index (χ0v) is 43.8. The van der Waals surface area contributed by atoms with Crippen LogP contribution in [-0.4, -0.2) is 67.3 Å². The van der Waals surface area contributed by atoms with Crippen LogP contribution in [0.25, 0.3) is 22.3 Å². The summed E-state index contributed by atoms with van der Waals surface area (Å²) in [6, 6.07) is 36.3. The monoisotopic (exact) mass is 1020 g/mol. The number of nitrogens with zero attached hydrogens (tertiary/aromatic N) is 6. The predicted molar refractivity (Wildman–Crippen MR) is 292 cm³/mol. The minimum Gasteiger partial charge on any atom is -0.435 e. The van der Waals surface area contributed by atoms with E-state index in [-0.39, 0.29) is 24.2 Å². The fourth-order valence-corrected chi connectivity index (χ4v) is 19.3. The van der Waals surface area contributed by atoms with E-state index in [9.17, 15) is 10.2 Å². The Morgan fingerprint density at radius 1 is 0.479 bits per heavy atom. The normalized spacial score (nSPS) is 29.8. The van der Waals surface area contributed by atoms with Crippen molar-refractivity contribution in [2.45, 2.75) is 171 Å². The Morgan fingerprint density at radius 3 is 1.33 bits per heavy atom. The van der Waals surface area contributed by atoms with Crippen molar-refractivity contribution in [2.24, 2.45) is 9.98 Å². The van der Waals surface area contributed by atoms with Crippen LogP contribution in [0.15, 0.2) is 125 Å². The number of hydrogen-bond acceptors (Lipinski definition) is 8. The molecule has 4 unspecified atom stereocenters. The Balaban J connectivity index is 1.03. The lowest BCUT2D eigenvalue weighted by Crippen LogP contribution is -2.82. The van der Waals surface area contributed by atoms with Gasteiger partial charge >= 0.3 is 25.9 Å². The number of para-hydroxylation sites is 2. The number of aliphatic imine (C=N–C) groups is 2. The molecule has 0 bridgehead atoms. The van der Waals surface area contributed by atoms with E-state index < -0.39 is 25.9 Å². The van der Waals surface area contributed by atoms with Gasteiger partial charge in [0.1, 0.15) is 11.5 Å². The number of benzene rings is 5. The molecule has 0 spiro atoms. The first-order chi connectivity index (χ1) is 35.6. The molecule has 8 aliphatic rings. The summed E-state index contributed by atoms with van der Waals surface area (Å²) in [4.78, 5) is 18.8. The highest BCUT2D eigenvalue weighted by atomic mass is 31.2. The lowest BCUT2D eigenvalue weighted by atomic mass is 9.92. The SMILES string of the molecule is Cc1ccc(N2C(=NC3CCCCC3)N(C3CCCCC3)C2(O)P2(=O)Oc3ccccc3-c3ccccc32)cc1N1C(=NC2CCCCC2)N(C2CCCCC2)C1(O)P1(=O)Oc2ccccc2-c2ccccc21. The van der Waals surface area contributed by atoms with Crippen LogP contribution in [-0.2, 0) is 9.13 Å². The van der Waals surface area contributed by atoms with Crippen molar-refractivity contribution in [3.63, 3.8) is 0 Å². The summed E-state index contributed by atoms with van der Waals surface area (Å²) in [5, 5.41) is 29.6. The smallest absolute Gasteiger partial charge is 0.351 e. The lowest BCUT2D eigenvalue weighted by molar-refractivity contribution is -0.0633. The second-order valence-corrected chi connectivity index (χ2v) is 26.7. The number of hydrogen-bond donors (Lipinski definition) is 2. The van der Waals surface area contributed by atoms with E-state index >= 15 is 9.13 Å². The molecule has 0 radical (unpaired) electrons. The highest BCUT2D eigenvalue weighted by molar-refractivity contribution is 7.69. The Bertz CT molecular complexity index is 3100. The van der Waals surface area contributed by atoms with Gasteiger partial charge in [0, 0.05) is 23.2 Å². The predicted octanol–water partition coefficient (Wildman–Crippen LogP) is 12.8. The van der Waals surface area contributed by atoms with Crippen LogP contribution in [0.1, 0.15) is 134 Å². The summed E-state index contributed by atoms with van der Waals surface area (Å²) < 4.78 is 47.6. The second kappa shape index (κ2) is 18.5. The third kappa shape index (κ3) is 7.27. The number of aryl methyl sites for hydroxylation is 1. The van der Waals surface area contributed by atoms with Crippen LogP contribution >= 0.6 is 14.7 Å². The summed E-state index contributed by atoms with van der Waals surface area (Å²) >= 11 is 0. The van der Waals surface area contributed by atoms with E-state index in [1.807, 2.05) is 137 Å². The molecule has 5 aromatic carbocycles. The summed E-state index contributed by atoms with van der Waals surface area (Å²) in [7, 11) is -8.72. The van der Waals surface area contributed by atoms with Crippen molar-refractivity contribution in [1.82, 2.24) is 9.80 Å². The molecule has 4 atom stereocenters. The minimum atomic E-state index is -4.36. The molecule has 4 aliphatic carbocycles. The zero-order chi connectivity index (χ0) is 49.5. The fourth-order valence-electron chi connectivity index (χ4n) is 13.7. The maximum Gasteiger partial charge on any atom is 0.351 e. The Kier molecular flexibility index (Phi) is 12.0. The molecule has 0 aromatic heterocycles. The average Bonchev–Trinajstić information content (AvgIpc) is 3.44.